The molecule has 1 aromatic carbocycles. The second-order valence-electron chi connectivity index (χ2n) is 3.90. The minimum atomic E-state index is -1.05. The van der Waals surface area contributed by atoms with Gasteiger partial charge in [0.05, 0.1) is 5.69 Å². The Kier molecular flexibility index (Phi) is 6.11. The van der Waals surface area contributed by atoms with Crippen LogP contribution in [0.4, 0.5) is 10.5 Å². The molecule has 2 amide bonds. The Balaban J connectivity index is 2.66. The van der Waals surface area contributed by atoms with E-state index in [0.29, 0.717) is 28.0 Å². The Morgan fingerprint density at radius 2 is 2.16 bits per heavy atom. The van der Waals surface area contributed by atoms with Crippen molar-refractivity contribution >= 4 is 45.2 Å². The summed E-state index contributed by atoms with van der Waals surface area (Å²) < 4.78 is 0.623. The summed E-state index contributed by atoms with van der Waals surface area (Å²) in [5, 5.41) is 14.4. The van der Waals surface area contributed by atoms with E-state index < -0.39 is 18.0 Å². The van der Waals surface area contributed by atoms with E-state index in [0.717, 1.165) is 0 Å². The number of urea groups is 1. The van der Waals surface area contributed by atoms with Gasteiger partial charge in [0.2, 0.25) is 0 Å². The highest BCUT2D eigenvalue weighted by Crippen LogP contribution is 2.25. The fourth-order valence-corrected chi connectivity index (χ4v) is 2.24. The van der Waals surface area contributed by atoms with Crippen LogP contribution in [-0.2, 0) is 4.79 Å². The molecular formula is C12H14BrClN2O3. The maximum absolute atomic E-state index is 11.7. The van der Waals surface area contributed by atoms with E-state index in [1.54, 1.807) is 18.2 Å². The first-order chi connectivity index (χ1) is 8.93. The van der Waals surface area contributed by atoms with Crippen molar-refractivity contribution < 1.29 is 14.7 Å². The highest BCUT2D eigenvalue weighted by atomic mass is 79.9. The Morgan fingerprint density at radius 1 is 1.47 bits per heavy atom. The van der Waals surface area contributed by atoms with Gasteiger partial charge in [0.1, 0.15) is 6.04 Å². The largest absolute Gasteiger partial charge is 0.480 e. The molecule has 0 aliphatic heterocycles. The van der Waals surface area contributed by atoms with E-state index in [4.69, 9.17) is 16.7 Å². The number of nitrogens with one attached hydrogen (secondary N) is 2. The number of carboxylic acids is 1. The normalized spacial score (nSPS) is 11.7. The fraction of sp³-hybridized carbons (Fsp3) is 0.333. The van der Waals surface area contributed by atoms with Crippen molar-refractivity contribution in [1.29, 1.82) is 0 Å². The minimum Gasteiger partial charge on any atom is -0.480 e. The number of rotatable bonds is 5. The molecule has 0 heterocycles. The average molecular weight is 350 g/mol. The SMILES string of the molecule is CCCC(NC(=O)Nc1ccc(Cl)cc1Br)C(=O)O. The number of carbonyl (C=O) groups excluding carboxylic acids is 1. The van der Waals surface area contributed by atoms with Gasteiger partial charge in [0.25, 0.3) is 0 Å². The number of anilines is 1. The summed E-state index contributed by atoms with van der Waals surface area (Å²) in [6, 6.07) is 3.43. The van der Waals surface area contributed by atoms with Gasteiger partial charge < -0.3 is 15.7 Å². The van der Waals surface area contributed by atoms with E-state index >= 15 is 0 Å². The average Bonchev–Trinajstić information content (AvgIpc) is 2.32. The van der Waals surface area contributed by atoms with Crippen molar-refractivity contribution in [3.8, 4) is 0 Å². The Labute approximate surface area is 124 Å². The van der Waals surface area contributed by atoms with E-state index in [1.807, 2.05) is 6.92 Å². The van der Waals surface area contributed by atoms with Gasteiger partial charge >= 0.3 is 12.0 Å². The van der Waals surface area contributed by atoms with Crippen LogP contribution >= 0.6 is 27.5 Å². The molecule has 104 valence electrons. The Morgan fingerprint density at radius 3 is 2.68 bits per heavy atom. The van der Waals surface area contributed by atoms with Gasteiger partial charge in [-0.05, 0) is 40.5 Å². The van der Waals surface area contributed by atoms with Crippen LogP contribution < -0.4 is 10.6 Å². The van der Waals surface area contributed by atoms with E-state index in [-0.39, 0.29) is 0 Å². The molecule has 0 aliphatic carbocycles. The highest BCUT2D eigenvalue weighted by Gasteiger charge is 2.19. The van der Waals surface area contributed by atoms with Gasteiger partial charge in [-0.25, -0.2) is 9.59 Å². The molecule has 0 radical (unpaired) electrons. The topological polar surface area (TPSA) is 78.4 Å². The quantitative estimate of drug-likeness (QED) is 0.761. The van der Waals surface area contributed by atoms with Gasteiger partial charge in [-0.2, -0.15) is 0 Å². The number of hydrogen-bond acceptors (Lipinski definition) is 2. The summed E-state index contributed by atoms with van der Waals surface area (Å²) in [4.78, 5) is 22.6. The lowest BCUT2D eigenvalue weighted by Crippen LogP contribution is -2.42. The minimum absolute atomic E-state index is 0.380. The molecule has 0 aromatic heterocycles. The third-order valence-corrected chi connectivity index (χ3v) is 3.25. The molecule has 0 aliphatic rings. The zero-order valence-electron chi connectivity index (χ0n) is 10.2. The first kappa shape index (κ1) is 15.8. The monoisotopic (exact) mass is 348 g/mol. The maximum Gasteiger partial charge on any atom is 0.326 e. The first-order valence-corrected chi connectivity index (χ1v) is 6.86. The zero-order chi connectivity index (χ0) is 14.4. The predicted octanol–water partition coefficient (Wildman–Crippen LogP) is 3.48. The molecular weight excluding hydrogens is 336 g/mol. The zero-order valence-corrected chi connectivity index (χ0v) is 12.6. The van der Waals surface area contributed by atoms with Crippen LogP contribution in [-0.4, -0.2) is 23.1 Å². The molecule has 19 heavy (non-hydrogen) atoms. The second-order valence-corrected chi connectivity index (χ2v) is 5.19. The van der Waals surface area contributed by atoms with Crippen molar-refractivity contribution in [3.05, 3.63) is 27.7 Å². The number of halogens is 2. The van der Waals surface area contributed by atoms with Crippen LogP contribution in [0.3, 0.4) is 0 Å². The van der Waals surface area contributed by atoms with Crippen LogP contribution in [0.5, 0.6) is 0 Å². The number of aliphatic carboxylic acids is 1. The van der Waals surface area contributed by atoms with Gasteiger partial charge in [-0.3, -0.25) is 0 Å². The summed E-state index contributed by atoms with van der Waals surface area (Å²) in [6.07, 6.45) is 1.05. The van der Waals surface area contributed by atoms with Crippen LogP contribution in [0.1, 0.15) is 19.8 Å². The molecule has 7 heteroatoms. The third kappa shape index (κ3) is 5.08. The smallest absolute Gasteiger partial charge is 0.326 e. The lowest BCUT2D eigenvalue weighted by atomic mass is 10.2. The van der Waals surface area contributed by atoms with Gasteiger partial charge in [-0.15, -0.1) is 0 Å². The number of hydrogen-bond donors (Lipinski definition) is 3. The maximum atomic E-state index is 11.7. The van der Waals surface area contributed by atoms with Crippen molar-refractivity contribution in [2.75, 3.05) is 5.32 Å². The Hall–Kier alpha value is -1.27. The Bertz CT molecular complexity index is 482. The first-order valence-electron chi connectivity index (χ1n) is 5.69. The van der Waals surface area contributed by atoms with Crippen LogP contribution in [0, 0.1) is 0 Å². The van der Waals surface area contributed by atoms with Crippen molar-refractivity contribution in [2.45, 2.75) is 25.8 Å². The standard InChI is InChI=1S/C12H14BrClN2O3/c1-2-3-10(11(17)18)16-12(19)15-9-5-4-7(14)6-8(9)13/h4-6,10H,2-3H2,1H3,(H,17,18)(H2,15,16,19). The lowest BCUT2D eigenvalue weighted by Gasteiger charge is -2.15. The van der Waals surface area contributed by atoms with Crippen LogP contribution in [0.2, 0.25) is 5.02 Å². The van der Waals surface area contributed by atoms with Gasteiger partial charge in [-0.1, -0.05) is 24.9 Å². The molecule has 1 aromatic rings. The lowest BCUT2D eigenvalue weighted by molar-refractivity contribution is -0.139. The van der Waals surface area contributed by atoms with Gasteiger partial charge in [0.15, 0.2) is 0 Å². The highest BCUT2D eigenvalue weighted by molar-refractivity contribution is 9.10. The van der Waals surface area contributed by atoms with Crippen LogP contribution in [0.15, 0.2) is 22.7 Å². The third-order valence-electron chi connectivity index (χ3n) is 2.36. The molecule has 1 unspecified atom stereocenters. The van der Waals surface area contributed by atoms with E-state index in [1.165, 1.54) is 0 Å². The summed E-state index contributed by atoms with van der Waals surface area (Å²) in [5.74, 6) is -1.05. The molecule has 0 saturated carbocycles. The van der Waals surface area contributed by atoms with Crippen molar-refractivity contribution in [1.82, 2.24) is 5.32 Å². The van der Waals surface area contributed by atoms with Gasteiger partial charge in [0, 0.05) is 9.50 Å². The second kappa shape index (κ2) is 7.35. The molecule has 5 nitrogen and oxygen atoms in total. The van der Waals surface area contributed by atoms with Crippen molar-refractivity contribution in [2.24, 2.45) is 0 Å². The summed E-state index contributed by atoms with van der Waals surface area (Å²) in [6.45, 7) is 1.85. The molecule has 0 saturated heterocycles. The number of carbonyl (C=O) groups is 2. The molecule has 1 atom stereocenters. The van der Waals surface area contributed by atoms with Crippen LogP contribution in [0.25, 0.3) is 0 Å². The summed E-state index contributed by atoms with van der Waals surface area (Å²) in [7, 11) is 0. The molecule has 0 bridgehead atoms. The predicted molar refractivity (Wildman–Crippen MR) is 77.6 cm³/mol. The summed E-state index contributed by atoms with van der Waals surface area (Å²) in [5.41, 5.74) is 0.516. The number of benzene rings is 1. The van der Waals surface area contributed by atoms with E-state index in [2.05, 4.69) is 26.6 Å². The summed E-state index contributed by atoms with van der Waals surface area (Å²) >= 11 is 9.04. The number of amides is 2. The van der Waals surface area contributed by atoms with E-state index in [9.17, 15) is 9.59 Å². The number of carboxylic acid groups (broad SMARTS) is 1. The molecule has 1 rings (SSSR count). The fourth-order valence-electron chi connectivity index (χ4n) is 1.45. The molecule has 0 fully saturated rings. The van der Waals surface area contributed by atoms with Crippen molar-refractivity contribution in [3.63, 3.8) is 0 Å². The molecule has 0 spiro atoms. The molecule has 3 N–H and O–H groups in total.